The number of nitrogens with zero attached hydrogens (tertiary/aromatic N) is 1. The van der Waals surface area contributed by atoms with Crippen LogP contribution in [0.3, 0.4) is 0 Å². The molecule has 1 aliphatic heterocycles. The molecule has 3 heteroatoms. The number of Topliss-reactive ketones (excluding diaryl/α,β-unsaturated/α-hetero) is 1. The number of fused-ring (bicyclic) bond motifs is 1. The number of rotatable bonds is 4. The van der Waals surface area contributed by atoms with E-state index in [1.54, 1.807) is 0 Å². The van der Waals surface area contributed by atoms with Crippen LogP contribution >= 0.6 is 0 Å². The lowest BCUT2D eigenvalue weighted by molar-refractivity contribution is 0.100. The molecule has 0 aromatic heterocycles. The van der Waals surface area contributed by atoms with E-state index in [0.717, 1.165) is 28.8 Å². The quantitative estimate of drug-likeness (QED) is 0.878. The van der Waals surface area contributed by atoms with E-state index in [-0.39, 0.29) is 17.9 Å². The lowest BCUT2D eigenvalue weighted by atomic mass is 9.84. The van der Waals surface area contributed by atoms with Crippen molar-refractivity contribution in [3.63, 3.8) is 0 Å². The number of carbonyl (C=O) groups is 1. The van der Waals surface area contributed by atoms with Crippen LogP contribution in [0.2, 0.25) is 0 Å². The standard InChI is InChI=1S/C20H21NO2/c1-20(2)12-16-10-14(13-22)8-9-17(16)18(21-20)11-19(23)15-6-4-3-5-7-15/h3-10,22H,11-13H2,1-2H3. The van der Waals surface area contributed by atoms with Gasteiger partial charge in [-0.25, -0.2) is 0 Å². The molecule has 118 valence electrons. The molecule has 0 fully saturated rings. The highest BCUT2D eigenvalue weighted by atomic mass is 16.3. The summed E-state index contributed by atoms with van der Waals surface area (Å²) in [7, 11) is 0. The van der Waals surface area contributed by atoms with Gasteiger partial charge in [0, 0.05) is 5.56 Å². The fourth-order valence-electron chi connectivity index (χ4n) is 3.12. The summed E-state index contributed by atoms with van der Waals surface area (Å²) in [6.45, 7) is 4.19. The Morgan fingerprint density at radius 2 is 1.91 bits per heavy atom. The Morgan fingerprint density at radius 1 is 1.17 bits per heavy atom. The van der Waals surface area contributed by atoms with Gasteiger partial charge in [0.2, 0.25) is 0 Å². The maximum Gasteiger partial charge on any atom is 0.168 e. The number of aliphatic hydroxyl groups excluding tert-OH is 1. The first-order valence-electron chi connectivity index (χ1n) is 7.88. The largest absolute Gasteiger partial charge is 0.392 e. The summed E-state index contributed by atoms with van der Waals surface area (Å²) in [4.78, 5) is 17.3. The Morgan fingerprint density at radius 3 is 2.61 bits per heavy atom. The first-order valence-corrected chi connectivity index (χ1v) is 7.88. The predicted molar refractivity (Wildman–Crippen MR) is 92.1 cm³/mol. The van der Waals surface area contributed by atoms with Crippen molar-refractivity contribution >= 4 is 11.5 Å². The molecule has 0 amide bonds. The number of carbonyl (C=O) groups excluding carboxylic acids is 1. The molecule has 2 aromatic carbocycles. The topological polar surface area (TPSA) is 49.7 Å². The Balaban J connectivity index is 1.95. The number of aliphatic hydroxyl groups is 1. The fourth-order valence-corrected chi connectivity index (χ4v) is 3.12. The zero-order valence-corrected chi connectivity index (χ0v) is 13.5. The molecule has 3 rings (SSSR count). The second kappa shape index (κ2) is 6.09. The predicted octanol–water partition coefficient (Wildman–Crippen LogP) is 3.58. The first kappa shape index (κ1) is 15.6. The van der Waals surface area contributed by atoms with Crippen molar-refractivity contribution in [1.29, 1.82) is 0 Å². The highest BCUT2D eigenvalue weighted by Gasteiger charge is 2.28. The van der Waals surface area contributed by atoms with Crippen molar-refractivity contribution in [1.82, 2.24) is 0 Å². The third kappa shape index (κ3) is 3.40. The van der Waals surface area contributed by atoms with Gasteiger partial charge in [-0.15, -0.1) is 0 Å². The first-order chi connectivity index (χ1) is 11.0. The maximum absolute atomic E-state index is 12.5. The van der Waals surface area contributed by atoms with Crippen molar-refractivity contribution in [2.45, 2.75) is 38.8 Å². The van der Waals surface area contributed by atoms with Crippen LogP contribution < -0.4 is 0 Å². The average Bonchev–Trinajstić information content (AvgIpc) is 2.54. The minimum absolute atomic E-state index is 0.0309. The minimum atomic E-state index is -0.229. The van der Waals surface area contributed by atoms with Crippen LogP contribution in [0.5, 0.6) is 0 Å². The SMILES string of the molecule is CC1(C)Cc2cc(CO)ccc2C(CC(=O)c2ccccc2)=N1. The summed E-state index contributed by atoms with van der Waals surface area (Å²) in [5.74, 6) is 0.0826. The van der Waals surface area contributed by atoms with E-state index >= 15 is 0 Å². The summed E-state index contributed by atoms with van der Waals surface area (Å²) in [6.07, 6.45) is 1.12. The van der Waals surface area contributed by atoms with Crippen LogP contribution in [0.1, 0.15) is 47.3 Å². The normalized spacial score (nSPS) is 15.7. The van der Waals surface area contributed by atoms with Gasteiger partial charge in [-0.2, -0.15) is 0 Å². The Kier molecular flexibility index (Phi) is 4.14. The van der Waals surface area contributed by atoms with Gasteiger partial charge >= 0.3 is 0 Å². The highest BCUT2D eigenvalue weighted by Crippen LogP contribution is 2.29. The van der Waals surface area contributed by atoms with Crippen molar-refractivity contribution in [3.8, 4) is 0 Å². The fraction of sp³-hybridized carbons (Fsp3) is 0.300. The van der Waals surface area contributed by atoms with Crippen molar-refractivity contribution in [2.24, 2.45) is 4.99 Å². The molecular weight excluding hydrogens is 286 g/mol. The van der Waals surface area contributed by atoms with Gasteiger partial charge in [0.05, 0.1) is 24.3 Å². The minimum Gasteiger partial charge on any atom is -0.392 e. The zero-order valence-electron chi connectivity index (χ0n) is 13.5. The second-order valence-corrected chi connectivity index (χ2v) is 6.66. The van der Waals surface area contributed by atoms with Gasteiger partial charge in [-0.3, -0.25) is 9.79 Å². The summed E-state index contributed by atoms with van der Waals surface area (Å²) in [5.41, 5.74) is 4.42. The van der Waals surface area contributed by atoms with Crippen molar-refractivity contribution < 1.29 is 9.90 Å². The Hall–Kier alpha value is -2.26. The molecule has 0 aliphatic carbocycles. The van der Waals surface area contributed by atoms with Gasteiger partial charge in [-0.1, -0.05) is 48.5 Å². The third-order valence-electron chi connectivity index (χ3n) is 4.15. The number of ketones is 1. The van der Waals surface area contributed by atoms with Crippen LogP contribution in [0, 0.1) is 0 Å². The molecule has 1 N–H and O–H groups in total. The average molecular weight is 307 g/mol. The van der Waals surface area contributed by atoms with Crippen LogP contribution in [0.4, 0.5) is 0 Å². The molecule has 0 spiro atoms. The molecule has 23 heavy (non-hydrogen) atoms. The van der Waals surface area contributed by atoms with E-state index in [1.807, 2.05) is 48.5 Å². The number of hydrogen-bond acceptors (Lipinski definition) is 3. The second-order valence-electron chi connectivity index (χ2n) is 6.66. The van der Waals surface area contributed by atoms with E-state index in [2.05, 4.69) is 13.8 Å². The summed E-state index contributed by atoms with van der Waals surface area (Å²) < 4.78 is 0. The van der Waals surface area contributed by atoms with Crippen molar-refractivity contribution in [3.05, 3.63) is 70.8 Å². The molecule has 0 bridgehead atoms. The van der Waals surface area contributed by atoms with Gasteiger partial charge in [0.1, 0.15) is 0 Å². The molecule has 0 unspecified atom stereocenters. The molecule has 1 heterocycles. The number of aliphatic imine (C=N–C) groups is 1. The molecular formula is C20H21NO2. The van der Waals surface area contributed by atoms with Crippen LogP contribution in [-0.4, -0.2) is 22.1 Å². The van der Waals surface area contributed by atoms with Gasteiger partial charge < -0.3 is 5.11 Å². The lowest BCUT2D eigenvalue weighted by Crippen LogP contribution is -2.30. The lowest BCUT2D eigenvalue weighted by Gasteiger charge is -2.29. The third-order valence-corrected chi connectivity index (χ3v) is 4.15. The molecule has 1 aliphatic rings. The molecule has 2 aromatic rings. The van der Waals surface area contributed by atoms with Gasteiger partial charge in [0.15, 0.2) is 5.78 Å². The molecule has 3 nitrogen and oxygen atoms in total. The monoisotopic (exact) mass is 307 g/mol. The Bertz CT molecular complexity index is 760. The van der Waals surface area contributed by atoms with Crippen LogP contribution in [0.25, 0.3) is 0 Å². The van der Waals surface area contributed by atoms with E-state index in [1.165, 1.54) is 0 Å². The van der Waals surface area contributed by atoms with Gasteiger partial charge in [0.25, 0.3) is 0 Å². The van der Waals surface area contributed by atoms with Crippen LogP contribution in [0.15, 0.2) is 53.5 Å². The van der Waals surface area contributed by atoms with Crippen LogP contribution in [-0.2, 0) is 13.0 Å². The zero-order chi connectivity index (χ0) is 16.4. The van der Waals surface area contributed by atoms with Gasteiger partial charge in [-0.05, 0) is 37.0 Å². The van der Waals surface area contributed by atoms with E-state index in [0.29, 0.717) is 12.0 Å². The summed E-state index contributed by atoms with van der Waals surface area (Å²) in [6, 6.07) is 15.2. The number of hydrogen-bond donors (Lipinski definition) is 1. The summed E-state index contributed by atoms with van der Waals surface area (Å²) >= 11 is 0. The molecule has 0 atom stereocenters. The molecule has 0 saturated carbocycles. The van der Waals surface area contributed by atoms with Crippen molar-refractivity contribution in [2.75, 3.05) is 0 Å². The summed E-state index contributed by atoms with van der Waals surface area (Å²) in [5, 5.41) is 9.34. The van der Waals surface area contributed by atoms with E-state index in [4.69, 9.17) is 4.99 Å². The smallest absolute Gasteiger partial charge is 0.168 e. The Labute approximate surface area is 136 Å². The van der Waals surface area contributed by atoms with E-state index in [9.17, 15) is 9.90 Å². The number of benzene rings is 2. The molecule has 0 radical (unpaired) electrons. The maximum atomic E-state index is 12.5. The highest BCUT2D eigenvalue weighted by molar-refractivity contribution is 6.16. The van der Waals surface area contributed by atoms with E-state index < -0.39 is 0 Å². The molecule has 0 saturated heterocycles.